The Morgan fingerprint density at radius 3 is 2.93 bits per heavy atom. The van der Waals surface area contributed by atoms with Gasteiger partial charge in [0.25, 0.3) is 0 Å². The Balaban J connectivity index is 2.05. The van der Waals surface area contributed by atoms with Gasteiger partial charge in [-0.05, 0) is 12.1 Å². The van der Waals surface area contributed by atoms with Crippen LogP contribution in [-0.4, -0.2) is 40.9 Å². The number of hydrogen-bond acceptors (Lipinski definition) is 4. The molecule has 2 aromatic rings. The molecule has 1 aliphatic heterocycles. The summed E-state index contributed by atoms with van der Waals surface area (Å²) in [6, 6.07) is 6.03. The number of rotatable bonds is 1. The van der Waals surface area contributed by atoms with Gasteiger partial charge in [0.1, 0.15) is 12.1 Å². The topological polar surface area (TPSA) is 42.7 Å². The summed E-state index contributed by atoms with van der Waals surface area (Å²) in [5.74, 6) is 1.09. The number of ether oxygens (including phenoxy) is 1. The molecule has 0 radical (unpaired) electrons. The number of pyridine rings is 1. The molecule has 15 heavy (non-hydrogen) atoms. The van der Waals surface area contributed by atoms with E-state index in [1.807, 2.05) is 16.6 Å². The highest BCUT2D eigenvalue weighted by Crippen LogP contribution is 2.15. The van der Waals surface area contributed by atoms with Gasteiger partial charge in [0.15, 0.2) is 5.65 Å². The van der Waals surface area contributed by atoms with Crippen molar-refractivity contribution in [2.24, 2.45) is 0 Å². The average Bonchev–Trinajstić information content (AvgIpc) is 2.78. The molecule has 78 valence electrons. The Kier molecular flexibility index (Phi) is 2.03. The molecule has 3 heterocycles. The van der Waals surface area contributed by atoms with Gasteiger partial charge in [-0.15, -0.1) is 0 Å². The first-order valence-corrected chi connectivity index (χ1v) is 5.06. The van der Waals surface area contributed by atoms with Crippen molar-refractivity contribution in [1.29, 1.82) is 0 Å². The van der Waals surface area contributed by atoms with Crippen molar-refractivity contribution in [3.05, 3.63) is 24.5 Å². The molecule has 0 aliphatic carbocycles. The Labute approximate surface area is 87.3 Å². The molecular formula is C10H12N4O. The number of hydrogen-bond donors (Lipinski definition) is 0. The zero-order valence-electron chi connectivity index (χ0n) is 8.33. The van der Waals surface area contributed by atoms with Crippen LogP contribution in [0, 0.1) is 0 Å². The van der Waals surface area contributed by atoms with E-state index in [1.165, 1.54) is 0 Å². The molecule has 0 aromatic carbocycles. The van der Waals surface area contributed by atoms with E-state index in [0.717, 1.165) is 37.8 Å². The summed E-state index contributed by atoms with van der Waals surface area (Å²) in [5.41, 5.74) is 0.888. The molecule has 5 heteroatoms. The van der Waals surface area contributed by atoms with Crippen LogP contribution in [0.3, 0.4) is 0 Å². The van der Waals surface area contributed by atoms with Gasteiger partial charge >= 0.3 is 0 Å². The van der Waals surface area contributed by atoms with Gasteiger partial charge in [-0.25, -0.2) is 4.98 Å². The summed E-state index contributed by atoms with van der Waals surface area (Å²) in [7, 11) is 0. The molecule has 1 fully saturated rings. The van der Waals surface area contributed by atoms with Crippen LogP contribution in [0.4, 0.5) is 5.82 Å². The highest BCUT2D eigenvalue weighted by molar-refractivity contribution is 5.49. The van der Waals surface area contributed by atoms with Crippen molar-refractivity contribution < 1.29 is 4.74 Å². The number of nitrogens with zero attached hydrogens (tertiary/aromatic N) is 4. The predicted octanol–water partition coefficient (Wildman–Crippen LogP) is 0.566. The summed E-state index contributed by atoms with van der Waals surface area (Å²) in [4.78, 5) is 6.44. The number of fused-ring (bicyclic) bond motifs is 1. The van der Waals surface area contributed by atoms with Crippen LogP contribution in [0.1, 0.15) is 0 Å². The smallest absolute Gasteiger partial charge is 0.157 e. The van der Waals surface area contributed by atoms with Crippen molar-refractivity contribution >= 4 is 11.5 Å². The van der Waals surface area contributed by atoms with Gasteiger partial charge in [-0.2, -0.15) is 9.61 Å². The Hall–Kier alpha value is -1.62. The van der Waals surface area contributed by atoms with E-state index in [1.54, 1.807) is 6.33 Å². The van der Waals surface area contributed by atoms with E-state index in [-0.39, 0.29) is 0 Å². The molecule has 1 aliphatic rings. The van der Waals surface area contributed by atoms with Gasteiger partial charge in [0.2, 0.25) is 0 Å². The largest absolute Gasteiger partial charge is 0.378 e. The van der Waals surface area contributed by atoms with Crippen molar-refractivity contribution in [2.75, 3.05) is 31.2 Å². The van der Waals surface area contributed by atoms with Crippen molar-refractivity contribution in [1.82, 2.24) is 14.6 Å². The zero-order valence-corrected chi connectivity index (χ0v) is 8.33. The van der Waals surface area contributed by atoms with E-state index in [4.69, 9.17) is 4.74 Å². The monoisotopic (exact) mass is 204 g/mol. The molecular weight excluding hydrogens is 192 g/mol. The molecule has 0 bridgehead atoms. The van der Waals surface area contributed by atoms with Crippen molar-refractivity contribution in [3.8, 4) is 0 Å². The molecule has 0 spiro atoms. The lowest BCUT2D eigenvalue weighted by molar-refractivity contribution is 0.122. The maximum Gasteiger partial charge on any atom is 0.157 e. The second-order valence-electron chi connectivity index (χ2n) is 3.51. The van der Waals surface area contributed by atoms with E-state index in [0.29, 0.717) is 0 Å². The third kappa shape index (κ3) is 1.45. The first-order valence-electron chi connectivity index (χ1n) is 5.06. The molecule has 0 unspecified atom stereocenters. The molecule has 0 amide bonds. The molecule has 3 rings (SSSR count). The predicted molar refractivity (Wildman–Crippen MR) is 56.0 cm³/mol. The zero-order chi connectivity index (χ0) is 10.1. The normalized spacial score (nSPS) is 17.2. The maximum absolute atomic E-state index is 5.33. The van der Waals surface area contributed by atoms with Crippen LogP contribution in [0.15, 0.2) is 24.5 Å². The third-order valence-corrected chi connectivity index (χ3v) is 2.62. The van der Waals surface area contributed by atoms with Crippen LogP contribution in [0.2, 0.25) is 0 Å². The second-order valence-corrected chi connectivity index (χ2v) is 3.51. The lowest BCUT2D eigenvalue weighted by Crippen LogP contribution is -2.37. The summed E-state index contributed by atoms with van der Waals surface area (Å²) in [5, 5.41) is 4.22. The second kappa shape index (κ2) is 3.51. The average molecular weight is 204 g/mol. The van der Waals surface area contributed by atoms with Crippen LogP contribution < -0.4 is 4.90 Å². The fraction of sp³-hybridized carbons (Fsp3) is 0.400. The quantitative estimate of drug-likeness (QED) is 0.681. The highest BCUT2D eigenvalue weighted by Gasteiger charge is 2.14. The third-order valence-electron chi connectivity index (χ3n) is 2.62. The van der Waals surface area contributed by atoms with E-state index in [2.05, 4.69) is 21.0 Å². The van der Waals surface area contributed by atoms with Crippen molar-refractivity contribution in [2.45, 2.75) is 0 Å². The minimum atomic E-state index is 0.783. The molecule has 2 aromatic heterocycles. The first kappa shape index (κ1) is 8.67. The van der Waals surface area contributed by atoms with Gasteiger partial charge < -0.3 is 9.64 Å². The lowest BCUT2D eigenvalue weighted by Gasteiger charge is -2.28. The fourth-order valence-corrected chi connectivity index (χ4v) is 1.86. The van der Waals surface area contributed by atoms with E-state index < -0.39 is 0 Å². The minimum absolute atomic E-state index is 0.783. The molecule has 1 saturated heterocycles. The number of aromatic nitrogens is 3. The SMILES string of the molecule is c1cc(N2CCOCC2)n2ncnc2c1. The molecule has 0 N–H and O–H groups in total. The fourth-order valence-electron chi connectivity index (χ4n) is 1.86. The van der Waals surface area contributed by atoms with E-state index >= 15 is 0 Å². The van der Waals surface area contributed by atoms with E-state index in [9.17, 15) is 0 Å². The summed E-state index contributed by atoms with van der Waals surface area (Å²) >= 11 is 0. The highest BCUT2D eigenvalue weighted by atomic mass is 16.5. The van der Waals surface area contributed by atoms with Crippen LogP contribution >= 0.6 is 0 Å². The van der Waals surface area contributed by atoms with Crippen LogP contribution in [0.5, 0.6) is 0 Å². The summed E-state index contributed by atoms with van der Waals surface area (Å²) in [6.45, 7) is 3.40. The van der Waals surface area contributed by atoms with Gasteiger partial charge in [-0.1, -0.05) is 6.07 Å². The first-order chi connectivity index (χ1) is 7.45. The standard InChI is InChI=1S/C10H12N4O/c1-2-9-11-8-12-14(9)10(3-1)13-4-6-15-7-5-13/h1-3,8H,4-7H2. The van der Waals surface area contributed by atoms with Gasteiger partial charge in [-0.3, -0.25) is 0 Å². The molecule has 0 atom stereocenters. The van der Waals surface area contributed by atoms with Gasteiger partial charge in [0.05, 0.1) is 13.2 Å². The maximum atomic E-state index is 5.33. The minimum Gasteiger partial charge on any atom is -0.378 e. The number of morpholine rings is 1. The van der Waals surface area contributed by atoms with Crippen molar-refractivity contribution in [3.63, 3.8) is 0 Å². The van der Waals surface area contributed by atoms with Gasteiger partial charge in [0, 0.05) is 13.1 Å². The Morgan fingerprint density at radius 1 is 1.20 bits per heavy atom. The molecule has 5 nitrogen and oxygen atoms in total. The Bertz CT molecular complexity index is 461. The molecule has 0 saturated carbocycles. The summed E-state index contributed by atoms with van der Waals surface area (Å²) < 4.78 is 7.19. The van der Waals surface area contributed by atoms with Crippen LogP contribution in [0.25, 0.3) is 5.65 Å². The Morgan fingerprint density at radius 2 is 2.07 bits per heavy atom. The lowest BCUT2D eigenvalue weighted by atomic mass is 10.3. The number of anilines is 1. The van der Waals surface area contributed by atoms with Crippen LogP contribution in [-0.2, 0) is 4.74 Å². The summed E-state index contributed by atoms with van der Waals surface area (Å²) in [6.07, 6.45) is 1.58.